The standard InChI is InChI=1S/C108H88O8/c1-109-101-49-57-105(113-5,58-50-101)97-41-25-77(26-42-97)81-9-13-85-70-90-66-82(10-14-86(90)69-89(85)65-81)79-29-45-99(46-30-79)107(115-7)61-53-103(111-3,54-62-107)95-37-21-75(22-38-95)76-23-39-96(40-24-76)104(112-4)55-63-108(116-8,64-56-104)100-47-31-80(32-48-100)84-12-16-88-71-91-67-83(11-15-87(91)72-92(88)68-84)78-27-43-98(44-28-78)106(114-6)59-51-102(110-2,52-60-106)94-35-19-74(20-36-94)73-17-33-93(101)34-18-73/h9-72H,1-8H3. The van der Waals surface area contributed by atoms with Crippen LogP contribution in [-0.4, -0.2) is 56.9 Å². The van der Waals surface area contributed by atoms with E-state index in [0.29, 0.717) is 0 Å². The summed E-state index contributed by atoms with van der Waals surface area (Å²) >= 11 is 0. The molecule has 568 valence electrons. The molecule has 0 aliphatic heterocycles. The Labute approximate surface area is 678 Å². The van der Waals surface area contributed by atoms with E-state index in [-0.39, 0.29) is 0 Å². The van der Waals surface area contributed by atoms with E-state index in [2.05, 4.69) is 388 Å². The lowest BCUT2D eigenvalue weighted by atomic mass is 9.80. The third-order valence-corrected chi connectivity index (χ3v) is 25.6. The van der Waals surface area contributed by atoms with Crippen LogP contribution in [0.25, 0.3) is 110 Å². The molecule has 34 aliphatic rings. The predicted molar refractivity (Wildman–Crippen MR) is 471 cm³/mol. The van der Waals surface area contributed by atoms with Crippen LogP contribution < -0.4 is 0 Å². The summed E-state index contributed by atoms with van der Waals surface area (Å²) in [5, 5.41) is 9.42. The van der Waals surface area contributed by atoms with Gasteiger partial charge in [-0.25, -0.2) is 0 Å². The molecule has 0 aromatic heterocycles. The molecule has 0 radical (unpaired) electrons. The molecule has 34 aliphatic carbocycles. The Balaban J connectivity index is 0.611. The Kier molecular flexibility index (Phi) is 18.4. The number of hydrogen-bond donors (Lipinski definition) is 0. The molecule has 0 heterocycles. The lowest BCUT2D eigenvalue weighted by Gasteiger charge is -2.36. The topological polar surface area (TPSA) is 73.8 Å². The van der Waals surface area contributed by atoms with Gasteiger partial charge in [-0.3, -0.25) is 0 Å². The zero-order valence-corrected chi connectivity index (χ0v) is 66.2. The van der Waals surface area contributed by atoms with Gasteiger partial charge in [-0.2, -0.15) is 0 Å². The van der Waals surface area contributed by atoms with Gasteiger partial charge in [0.25, 0.3) is 0 Å². The van der Waals surface area contributed by atoms with Gasteiger partial charge in [0, 0.05) is 56.9 Å². The average molecular weight is 1510 g/mol. The molecular formula is C108H88O8. The Hall–Kier alpha value is -12.3. The SMILES string of the molecule is COC12C=CC(OC)(C=C1)c1ccc(cc1)-c1ccc3cc4cc(ccc4cc3c1)-c1ccc(cc1)C1(OC)C=CC(OC)(C=C1)c1ccc(cc1)-c1ccc(cc1)C1(OC)C=CC(OC)(C=C1)c1ccc(cc1)-c1ccc3cc4cc(ccc4cc3c1)-c1ccc(cc1)C1(OC)C=CC(OC)(C=C1)c1ccc(cc1)-c1ccc2cc1. The monoisotopic (exact) mass is 1510 g/mol. The molecule has 0 unspecified atom stereocenters. The molecule has 8 heteroatoms. The second kappa shape index (κ2) is 28.9. The van der Waals surface area contributed by atoms with Crippen molar-refractivity contribution in [2.45, 2.75) is 44.8 Å². The Morgan fingerprint density at radius 3 is 0.353 bits per heavy atom. The molecule has 116 heavy (non-hydrogen) atoms. The van der Waals surface area contributed by atoms with Crippen molar-refractivity contribution in [2.75, 3.05) is 56.9 Å². The first-order valence-electron chi connectivity index (χ1n) is 39.5. The fourth-order valence-corrected chi connectivity index (χ4v) is 18.1. The van der Waals surface area contributed by atoms with Crippen LogP contribution in [0.5, 0.6) is 0 Å². The van der Waals surface area contributed by atoms with Gasteiger partial charge in [0.2, 0.25) is 0 Å². The fourth-order valence-electron chi connectivity index (χ4n) is 18.1. The maximum absolute atomic E-state index is 6.37. The first-order valence-corrected chi connectivity index (χ1v) is 39.5. The molecule has 0 N–H and O–H groups in total. The van der Waals surface area contributed by atoms with Gasteiger partial charge in [-0.1, -0.05) is 243 Å². The van der Waals surface area contributed by atoms with Crippen LogP contribution in [0.1, 0.15) is 44.5 Å². The van der Waals surface area contributed by atoms with E-state index in [9.17, 15) is 0 Å². The summed E-state index contributed by atoms with van der Waals surface area (Å²) in [7, 11) is 14.1. The molecule has 0 saturated carbocycles. The molecular weight excluding hydrogens is 1430 g/mol. The minimum atomic E-state index is -0.803. The van der Waals surface area contributed by atoms with Crippen molar-refractivity contribution in [3.63, 3.8) is 0 Å². The Morgan fingerprint density at radius 2 is 0.233 bits per heavy atom. The molecule has 8 nitrogen and oxygen atoms in total. The summed E-state index contributed by atoms with van der Waals surface area (Å²) in [4.78, 5) is 0. The maximum atomic E-state index is 6.37. The van der Waals surface area contributed by atoms with Crippen molar-refractivity contribution in [3.8, 4) is 66.8 Å². The summed E-state index contributed by atoms with van der Waals surface area (Å²) < 4.78 is 50.9. The largest absolute Gasteiger partial charge is 0.365 e. The van der Waals surface area contributed by atoms with Gasteiger partial charge in [-0.05, 0) is 300 Å². The van der Waals surface area contributed by atoms with Gasteiger partial charge in [0.1, 0.15) is 44.8 Å². The molecule has 0 fully saturated rings. The lowest BCUT2D eigenvalue weighted by Crippen LogP contribution is -2.33. The number of rotatable bonds is 8. The van der Waals surface area contributed by atoms with Gasteiger partial charge in [0.15, 0.2) is 0 Å². The Morgan fingerprint density at radius 1 is 0.121 bits per heavy atom. The van der Waals surface area contributed by atoms with Crippen LogP contribution in [0.4, 0.5) is 0 Å². The predicted octanol–water partition coefficient (Wildman–Crippen LogP) is 24.7. The number of ether oxygens (including phenoxy) is 8. The zero-order chi connectivity index (χ0) is 79.1. The normalized spacial score (nSPS) is 24.1. The average Bonchev–Trinajstić information content (AvgIpc) is 0.766. The van der Waals surface area contributed by atoms with Crippen LogP contribution >= 0.6 is 0 Å². The highest BCUT2D eigenvalue weighted by Crippen LogP contribution is 2.48. The first kappa shape index (κ1) is 73.9. The molecule has 14 aromatic carbocycles. The van der Waals surface area contributed by atoms with E-state index in [1.807, 2.05) is 0 Å². The summed E-state index contributed by atoms with van der Waals surface area (Å²) in [5.74, 6) is 0. The van der Waals surface area contributed by atoms with Crippen molar-refractivity contribution in [1.82, 2.24) is 0 Å². The highest BCUT2D eigenvalue weighted by molar-refractivity contribution is 6.03. The van der Waals surface area contributed by atoms with E-state index in [1.165, 1.54) is 43.1 Å². The number of methoxy groups -OCH3 is 8. The molecule has 48 rings (SSSR count). The van der Waals surface area contributed by atoms with Crippen LogP contribution in [-0.2, 0) is 82.7 Å². The van der Waals surface area contributed by atoms with Gasteiger partial charge >= 0.3 is 0 Å². The van der Waals surface area contributed by atoms with Crippen molar-refractivity contribution >= 4 is 43.1 Å². The minimum absolute atomic E-state index is 0.797. The van der Waals surface area contributed by atoms with E-state index in [4.69, 9.17) is 37.9 Å². The summed E-state index contributed by atoms with van der Waals surface area (Å²) in [6, 6.07) is 105. The highest BCUT2D eigenvalue weighted by atomic mass is 16.5. The van der Waals surface area contributed by atoms with Crippen LogP contribution in [0.3, 0.4) is 0 Å². The summed E-state index contributed by atoms with van der Waals surface area (Å²) in [6.45, 7) is 0. The highest BCUT2D eigenvalue weighted by Gasteiger charge is 2.42. The van der Waals surface area contributed by atoms with Crippen LogP contribution in [0, 0.1) is 0 Å². The van der Waals surface area contributed by atoms with E-state index in [0.717, 1.165) is 111 Å². The minimum Gasteiger partial charge on any atom is -0.365 e. The van der Waals surface area contributed by atoms with Gasteiger partial charge in [0.05, 0.1) is 0 Å². The molecule has 14 aromatic rings. The molecule has 0 atom stereocenters. The number of hydrogen-bond acceptors (Lipinski definition) is 8. The fraction of sp³-hybridized carbons (Fsp3) is 0.148. The smallest absolute Gasteiger partial charge is 0.129 e. The quantitative estimate of drug-likeness (QED) is 0.110. The van der Waals surface area contributed by atoms with Crippen molar-refractivity contribution in [2.24, 2.45) is 0 Å². The maximum Gasteiger partial charge on any atom is 0.129 e. The second-order valence-corrected chi connectivity index (χ2v) is 31.2. The first-order chi connectivity index (χ1) is 56.6. The van der Waals surface area contributed by atoms with Gasteiger partial charge in [-0.15, -0.1) is 0 Å². The molecule has 0 saturated heterocycles. The van der Waals surface area contributed by atoms with Gasteiger partial charge < -0.3 is 37.9 Å². The second-order valence-electron chi connectivity index (χ2n) is 31.2. The lowest BCUT2D eigenvalue weighted by molar-refractivity contribution is 0.0421. The third-order valence-electron chi connectivity index (χ3n) is 25.6. The zero-order valence-electron chi connectivity index (χ0n) is 66.2. The number of benzene rings is 14. The van der Waals surface area contributed by atoms with Crippen molar-refractivity contribution in [3.05, 3.63) is 433 Å². The Bertz CT molecular complexity index is 5550. The summed E-state index contributed by atoms with van der Waals surface area (Å²) in [6.07, 6.45) is 33.8. The summed E-state index contributed by atoms with van der Waals surface area (Å²) in [5.41, 5.74) is 15.1. The van der Waals surface area contributed by atoms with E-state index in [1.54, 1.807) is 56.9 Å². The van der Waals surface area contributed by atoms with E-state index >= 15 is 0 Å². The van der Waals surface area contributed by atoms with Crippen molar-refractivity contribution < 1.29 is 37.9 Å². The van der Waals surface area contributed by atoms with Crippen LogP contribution in [0.2, 0.25) is 0 Å². The molecule has 0 amide bonds. The third kappa shape index (κ3) is 12.5. The van der Waals surface area contributed by atoms with Crippen molar-refractivity contribution in [1.29, 1.82) is 0 Å². The van der Waals surface area contributed by atoms with E-state index < -0.39 is 44.8 Å². The molecule has 0 spiro atoms. The molecule has 36 bridgehead atoms. The van der Waals surface area contributed by atoms with Crippen LogP contribution in [0.15, 0.2) is 388 Å².